The van der Waals surface area contributed by atoms with E-state index in [9.17, 15) is 5.11 Å². The van der Waals surface area contributed by atoms with Crippen molar-refractivity contribution in [2.24, 2.45) is 0 Å². The number of aromatic nitrogens is 2. The maximum Gasteiger partial charge on any atom is 0.205 e. The van der Waals surface area contributed by atoms with Crippen LogP contribution < -0.4 is 5.32 Å². The quantitative estimate of drug-likeness (QED) is 0.887. The highest BCUT2D eigenvalue weighted by Gasteiger charge is 2.23. The van der Waals surface area contributed by atoms with Crippen LogP contribution in [-0.2, 0) is 11.0 Å². The van der Waals surface area contributed by atoms with Crippen LogP contribution in [0.1, 0.15) is 44.7 Å². The molecular weight excluding hydrogens is 282 g/mol. The van der Waals surface area contributed by atoms with E-state index in [4.69, 9.17) is 0 Å². The Morgan fingerprint density at radius 2 is 1.76 bits per heavy atom. The number of nitrogens with one attached hydrogen (secondary N) is 1. The fraction of sp³-hybridized carbons (Fsp3) is 0.500. The normalized spacial score (nSPS) is 14.7. The van der Waals surface area contributed by atoms with Crippen LogP contribution in [0.25, 0.3) is 0 Å². The summed E-state index contributed by atoms with van der Waals surface area (Å²) in [5.41, 5.74) is 0.110. The van der Waals surface area contributed by atoms with E-state index in [0.29, 0.717) is 13.0 Å². The van der Waals surface area contributed by atoms with Gasteiger partial charge in [0.25, 0.3) is 0 Å². The van der Waals surface area contributed by atoms with Gasteiger partial charge in [-0.15, -0.1) is 10.2 Å². The molecule has 1 heterocycles. The molecule has 4 nitrogen and oxygen atoms in total. The molecule has 0 saturated heterocycles. The van der Waals surface area contributed by atoms with Gasteiger partial charge >= 0.3 is 0 Å². The molecule has 0 amide bonds. The first-order valence-corrected chi connectivity index (χ1v) is 7.96. The zero-order valence-electron chi connectivity index (χ0n) is 13.1. The van der Waals surface area contributed by atoms with Crippen molar-refractivity contribution in [2.45, 2.75) is 45.1 Å². The Balaban J connectivity index is 1.91. The Morgan fingerprint density at radius 1 is 1.10 bits per heavy atom. The molecule has 2 rings (SSSR count). The molecular formula is C16H23N3OS. The molecule has 21 heavy (non-hydrogen) atoms. The molecule has 0 radical (unpaired) electrons. The predicted molar refractivity (Wildman–Crippen MR) is 87.7 cm³/mol. The fourth-order valence-electron chi connectivity index (χ4n) is 1.95. The van der Waals surface area contributed by atoms with Crippen LogP contribution in [0.5, 0.6) is 0 Å². The zero-order valence-corrected chi connectivity index (χ0v) is 13.9. The molecule has 0 aliphatic heterocycles. The largest absolute Gasteiger partial charge is 0.385 e. The van der Waals surface area contributed by atoms with Gasteiger partial charge in [-0.1, -0.05) is 62.4 Å². The standard InChI is InChI=1S/C16H23N3OS/c1-15(2,3)13-18-19-14(21-13)17-11-10-16(4,20)12-8-6-5-7-9-12/h5-9,20H,10-11H2,1-4H3,(H,17,19). The summed E-state index contributed by atoms with van der Waals surface area (Å²) >= 11 is 1.57. The van der Waals surface area contributed by atoms with Gasteiger partial charge in [-0.25, -0.2) is 0 Å². The maximum atomic E-state index is 10.5. The second-order valence-electron chi connectivity index (χ2n) is 6.48. The van der Waals surface area contributed by atoms with Crippen LogP contribution in [0.2, 0.25) is 0 Å². The van der Waals surface area contributed by atoms with Crippen LogP contribution in [0.3, 0.4) is 0 Å². The molecule has 1 aromatic carbocycles. The topological polar surface area (TPSA) is 58.0 Å². The second kappa shape index (κ2) is 6.12. The highest BCUT2D eigenvalue weighted by atomic mass is 32.1. The first-order chi connectivity index (χ1) is 9.79. The summed E-state index contributed by atoms with van der Waals surface area (Å²) in [7, 11) is 0. The van der Waals surface area contributed by atoms with Crippen LogP contribution in [0.15, 0.2) is 30.3 Å². The van der Waals surface area contributed by atoms with Crippen molar-refractivity contribution in [3.63, 3.8) is 0 Å². The monoisotopic (exact) mass is 305 g/mol. The van der Waals surface area contributed by atoms with Crippen molar-refractivity contribution in [3.8, 4) is 0 Å². The number of nitrogens with zero attached hydrogens (tertiary/aromatic N) is 2. The van der Waals surface area contributed by atoms with Gasteiger partial charge in [-0.3, -0.25) is 0 Å². The minimum atomic E-state index is -0.841. The summed E-state index contributed by atoms with van der Waals surface area (Å²) in [6.07, 6.45) is 0.613. The SMILES string of the molecule is CC(C)(C)c1nnc(NCCC(C)(O)c2ccccc2)s1. The van der Waals surface area contributed by atoms with E-state index >= 15 is 0 Å². The van der Waals surface area contributed by atoms with E-state index in [2.05, 4.69) is 36.3 Å². The average Bonchev–Trinajstić information content (AvgIpc) is 2.88. The van der Waals surface area contributed by atoms with Crippen molar-refractivity contribution in [1.29, 1.82) is 0 Å². The number of benzene rings is 1. The molecule has 2 N–H and O–H groups in total. The number of hydrogen-bond acceptors (Lipinski definition) is 5. The van der Waals surface area contributed by atoms with E-state index in [-0.39, 0.29) is 5.41 Å². The molecule has 1 unspecified atom stereocenters. The van der Waals surface area contributed by atoms with Crippen molar-refractivity contribution in [2.75, 3.05) is 11.9 Å². The molecule has 1 aromatic heterocycles. The first-order valence-electron chi connectivity index (χ1n) is 7.15. The molecule has 0 aliphatic rings. The Bertz CT molecular complexity index is 573. The number of rotatable bonds is 5. The minimum absolute atomic E-state index is 0.0210. The van der Waals surface area contributed by atoms with Crippen LogP contribution in [0.4, 0.5) is 5.13 Å². The van der Waals surface area contributed by atoms with Gasteiger partial charge in [0.15, 0.2) is 0 Å². The molecule has 5 heteroatoms. The molecule has 0 bridgehead atoms. The van der Waals surface area contributed by atoms with Crippen LogP contribution in [-0.4, -0.2) is 21.8 Å². The van der Waals surface area contributed by atoms with Crippen molar-refractivity contribution >= 4 is 16.5 Å². The average molecular weight is 305 g/mol. The third kappa shape index (κ3) is 4.25. The number of anilines is 1. The van der Waals surface area contributed by atoms with Gasteiger partial charge < -0.3 is 10.4 Å². The highest BCUT2D eigenvalue weighted by Crippen LogP contribution is 2.28. The molecule has 0 spiro atoms. The number of aliphatic hydroxyl groups is 1. The minimum Gasteiger partial charge on any atom is -0.385 e. The Kier molecular flexibility index (Phi) is 4.64. The summed E-state index contributed by atoms with van der Waals surface area (Å²) < 4.78 is 0. The van der Waals surface area contributed by atoms with Crippen LogP contribution in [0, 0.1) is 0 Å². The Labute approximate surface area is 130 Å². The van der Waals surface area contributed by atoms with E-state index in [1.807, 2.05) is 37.3 Å². The lowest BCUT2D eigenvalue weighted by atomic mass is 9.93. The van der Waals surface area contributed by atoms with E-state index in [1.165, 1.54) is 0 Å². The maximum absolute atomic E-state index is 10.5. The summed E-state index contributed by atoms with van der Waals surface area (Å²) in [6.45, 7) is 8.86. The lowest BCUT2D eigenvalue weighted by Crippen LogP contribution is -2.24. The summed E-state index contributed by atoms with van der Waals surface area (Å²) in [5.74, 6) is 0. The molecule has 1 atom stereocenters. The van der Waals surface area contributed by atoms with Crippen molar-refractivity contribution in [3.05, 3.63) is 40.9 Å². The summed E-state index contributed by atoms with van der Waals surface area (Å²) in [5, 5.41) is 24.0. The summed E-state index contributed by atoms with van der Waals surface area (Å²) in [4.78, 5) is 0. The van der Waals surface area contributed by atoms with Crippen LogP contribution >= 0.6 is 11.3 Å². The highest BCUT2D eigenvalue weighted by molar-refractivity contribution is 7.15. The smallest absolute Gasteiger partial charge is 0.205 e. The van der Waals surface area contributed by atoms with Gasteiger partial charge in [0, 0.05) is 12.0 Å². The lowest BCUT2D eigenvalue weighted by molar-refractivity contribution is 0.0515. The van der Waals surface area contributed by atoms with Crippen molar-refractivity contribution in [1.82, 2.24) is 10.2 Å². The van der Waals surface area contributed by atoms with Gasteiger partial charge in [0.2, 0.25) is 5.13 Å². The molecule has 0 saturated carbocycles. The van der Waals surface area contributed by atoms with Gasteiger partial charge in [0.05, 0.1) is 5.60 Å². The third-order valence-corrected chi connectivity index (χ3v) is 4.66. The fourth-order valence-corrected chi connectivity index (χ4v) is 2.78. The summed E-state index contributed by atoms with van der Waals surface area (Å²) in [6, 6.07) is 9.73. The van der Waals surface area contributed by atoms with Gasteiger partial charge in [-0.05, 0) is 18.9 Å². The zero-order chi connectivity index (χ0) is 15.5. The Morgan fingerprint density at radius 3 is 2.33 bits per heavy atom. The molecule has 0 aliphatic carbocycles. The second-order valence-corrected chi connectivity index (χ2v) is 7.46. The molecule has 0 fully saturated rings. The Hall–Kier alpha value is -1.46. The molecule has 114 valence electrons. The third-order valence-electron chi connectivity index (χ3n) is 3.35. The van der Waals surface area contributed by atoms with Gasteiger partial charge in [-0.2, -0.15) is 0 Å². The lowest BCUT2D eigenvalue weighted by Gasteiger charge is -2.23. The molecule has 2 aromatic rings. The van der Waals surface area contributed by atoms with E-state index < -0.39 is 5.60 Å². The van der Waals surface area contributed by atoms with Crippen molar-refractivity contribution < 1.29 is 5.11 Å². The van der Waals surface area contributed by atoms with E-state index in [1.54, 1.807) is 11.3 Å². The van der Waals surface area contributed by atoms with Gasteiger partial charge in [0.1, 0.15) is 5.01 Å². The van der Waals surface area contributed by atoms with E-state index in [0.717, 1.165) is 15.7 Å². The first kappa shape index (κ1) is 15.9. The predicted octanol–water partition coefficient (Wildman–Crippen LogP) is 3.55. The number of hydrogen-bond donors (Lipinski definition) is 2.